The van der Waals surface area contributed by atoms with Crippen molar-refractivity contribution in [3.8, 4) is 5.75 Å². The van der Waals surface area contributed by atoms with Gasteiger partial charge in [-0.25, -0.2) is 0 Å². The van der Waals surface area contributed by atoms with Crippen molar-refractivity contribution in [1.82, 2.24) is 0 Å². The highest BCUT2D eigenvalue weighted by atomic mass is 79.9. The van der Waals surface area contributed by atoms with Gasteiger partial charge in [0, 0.05) is 24.6 Å². The molecule has 15 heavy (non-hydrogen) atoms. The quantitative estimate of drug-likeness (QED) is 0.862. The molecule has 0 amide bonds. The molecule has 84 valence electrons. The first-order chi connectivity index (χ1) is 7.19. The van der Waals surface area contributed by atoms with Gasteiger partial charge in [0.2, 0.25) is 0 Å². The summed E-state index contributed by atoms with van der Waals surface area (Å²) in [6, 6.07) is 5.77. The Labute approximate surface area is 98.4 Å². The van der Waals surface area contributed by atoms with E-state index in [1.807, 2.05) is 25.1 Å². The van der Waals surface area contributed by atoms with Crippen molar-refractivity contribution >= 4 is 15.9 Å². The van der Waals surface area contributed by atoms with Crippen LogP contribution in [-0.2, 0) is 6.54 Å². The molecule has 3 N–H and O–H groups in total. The molecule has 0 heterocycles. The number of rotatable bonds is 5. The highest BCUT2D eigenvalue weighted by Gasteiger charge is 2.08. The molecule has 0 saturated carbocycles. The number of ether oxygens (including phenoxy) is 1. The predicted octanol–water partition coefficient (Wildman–Crippen LogP) is 1.91. The molecule has 0 aliphatic carbocycles. The first kappa shape index (κ1) is 12.5. The van der Waals surface area contributed by atoms with Gasteiger partial charge in [-0.2, -0.15) is 0 Å². The monoisotopic (exact) mass is 273 g/mol. The molecule has 0 spiro atoms. The van der Waals surface area contributed by atoms with Gasteiger partial charge >= 0.3 is 0 Å². The van der Waals surface area contributed by atoms with Crippen LogP contribution in [0.5, 0.6) is 5.75 Å². The smallest absolute Gasteiger partial charge is 0.137 e. The Balaban J connectivity index is 2.74. The number of hydrogen-bond donors (Lipinski definition) is 2. The second kappa shape index (κ2) is 6.10. The van der Waals surface area contributed by atoms with E-state index < -0.39 is 0 Å². The van der Waals surface area contributed by atoms with Crippen LogP contribution < -0.4 is 10.5 Å². The van der Waals surface area contributed by atoms with Crippen LogP contribution in [0.2, 0.25) is 0 Å². The summed E-state index contributed by atoms with van der Waals surface area (Å²) in [7, 11) is 0. The van der Waals surface area contributed by atoms with Crippen molar-refractivity contribution in [1.29, 1.82) is 0 Å². The van der Waals surface area contributed by atoms with E-state index in [0.29, 0.717) is 13.2 Å². The van der Waals surface area contributed by atoms with E-state index in [2.05, 4.69) is 15.9 Å². The van der Waals surface area contributed by atoms with Gasteiger partial charge < -0.3 is 15.6 Å². The number of nitrogens with two attached hydrogens (primary N) is 1. The lowest BCUT2D eigenvalue weighted by Gasteiger charge is -2.14. The third-order valence-electron chi connectivity index (χ3n) is 2.09. The minimum absolute atomic E-state index is 0.127. The Morgan fingerprint density at radius 1 is 1.53 bits per heavy atom. The SMILES string of the molecule is CC(CO)COc1c(Br)cccc1CN. The Hall–Kier alpha value is -0.580. The summed E-state index contributed by atoms with van der Waals surface area (Å²) in [6.07, 6.45) is 0. The Bertz CT molecular complexity index is 317. The van der Waals surface area contributed by atoms with E-state index in [1.54, 1.807) is 0 Å². The molecule has 0 fully saturated rings. The third-order valence-corrected chi connectivity index (χ3v) is 2.72. The highest BCUT2D eigenvalue weighted by molar-refractivity contribution is 9.10. The fourth-order valence-corrected chi connectivity index (χ4v) is 1.68. The molecule has 1 atom stereocenters. The lowest BCUT2D eigenvalue weighted by Crippen LogP contribution is -2.13. The zero-order valence-corrected chi connectivity index (χ0v) is 10.3. The van der Waals surface area contributed by atoms with Crippen LogP contribution in [-0.4, -0.2) is 18.3 Å². The predicted molar refractivity (Wildman–Crippen MR) is 63.8 cm³/mol. The largest absolute Gasteiger partial charge is 0.492 e. The molecular weight excluding hydrogens is 258 g/mol. The van der Waals surface area contributed by atoms with Crippen molar-refractivity contribution < 1.29 is 9.84 Å². The molecular formula is C11H16BrNO2. The maximum absolute atomic E-state index is 8.89. The summed E-state index contributed by atoms with van der Waals surface area (Å²) in [5.74, 6) is 0.906. The standard InChI is InChI=1S/C11H16BrNO2/c1-8(6-14)7-15-11-9(5-13)3-2-4-10(11)12/h2-4,8,14H,5-7,13H2,1H3. The van der Waals surface area contributed by atoms with Gasteiger partial charge in [-0.15, -0.1) is 0 Å². The van der Waals surface area contributed by atoms with E-state index in [4.69, 9.17) is 15.6 Å². The zero-order valence-electron chi connectivity index (χ0n) is 8.74. The lowest BCUT2D eigenvalue weighted by atomic mass is 10.2. The minimum Gasteiger partial charge on any atom is -0.492 e. The van der Waals surface area contributed by atoms with Crippen molar-refractivity contribution in [2.75, 3.05) is 13.2 Å². The van der Waals surface area contributed by atoms with Crippen molar-refractivity contribution in [2.24, 2.45) is 11.7 Å². The normalized spacial score (nSPS) is 12.5. The van der Waals surface area contributed by atoms with Crippen molar-refractivity contribution in [3.05, 3.63) is 28.2 Å². The lowest BCUT2D eigenvalue weighted by molar-refractivity contribution is 0.173. The highest BCUT2D eigenvalue weighted by Crippen LogP contribution is 2.29. The molecule has 1 aromatic carbocycles. The van der Waals surface area contributed by atoms with Gasteiger partial charge in [0.15, 0.2) is 0 Å². The summed E-state index contributed by atoms with van der Waals surface area (Å²) in [5, 5.41) is 8.89. The number of halogens is 1. The number of benzene rings is 1. The van der Waals surface area contributed by atoms with E-state index >= 15 is 0 Å². The molecule has 0 aliphatic heterocycles. The van der Waals surface area contributed by atoms with Crippen LogP contribution in [0.4, 0.5) is 0 Å². The van der Waals surface area contributed by atoms with E-state index in [1.165, 1.54) is 0 Å². The summed E-state index contributed by atoms with van der Waals surface area (Å²) in [6.45, 7) is 3.00. The zero-order chi connectivity index (χ0) is 11.3. The van der Waals surface area contributed by atoms with Gasteiger partial charge in [-0.3, -0.25) is 0 Å². The van der Waals surface area contributed by atoms with Crippen LogP contribution in [0.15, 0.2) is 22.7 Å². The maximum atomic E-state index is 8.89. The third kappa shape index (κ3) is 3.48. The van der Waals surface area contributed by atoms with Crippen LogP contribution in [0, 0.1) is 5.92 Å². The van der Waals surface area contributed by atoms with Crippen molar-refractivity contribution in [3.63, 3.8) is 0 Å². The molecule has 3 nitrogen and oxygen atoms in total. The molecule has 1 rings (SSSR count). The molecule has 0 saturated heterocycles. The number of aliphatic hydroxyl groups excluding tert-OH is 1. The molecule has 0 radical (unpaired) electrons. The van der Waals surface area contributed by atoms with E-state index in [0.717, 1.165) is 15.8 Å². The van der Waals surface area contributed by atoms with Crippen LogP contribution in [0.1, 0.15) is 12.5 Å². The summed E-state index contributed by atoms with van der Waals surface area (Å²) in [4.78, 5) is 0. The van der Waals surface area contributed by atoms with Gasteiger partial charge in [-0.1, -0.05) is 19.1 Å². The molecule has 0 bridgehead atoms. The summed E-state index contributed by atoms with van der Waals surface area (Å²) >= 11 is 3.42. The summed E-state index contributed by atoms with van der Waals surface area (Å²) in [5.41, 5.74) is 6.58. The average molecular weight is 274 g/mol. The number of para-hydroxylation sites is 1. The van der Waals surface area contributed by atoms with Crippen molar-refractivity contribution in [2.45, 2.75) is 13.5 Å². The first-order valence-electron chi connectivity index (χ1n) is 4.90. The molecule has 1 aromatic rings. The van der Waals surface area contributed by atoms with Gasteiger partial charge in [-0.05, 0) is 22.0 Å². The van der Waals surface area contributed by atoms with E-state index in [9.17, 15) is 0 Å². The maximum Gasteiger partial charge on any atom is 0.137 e. The number of aliphatic hydroxyl groups is 1. The molecule has 4 heteroatoms. The topological polar surface area (TPSA) is 55.5 Å². The van der Waals surface area contributed by atoms with Crippen LogP contribution in [0.25, 0.3) is 0 Å². The fraction of sp³-hybridized carbons (Fsp3) is 0.455. The Morgan fingerprint density at radius 3 is 2.87 bits per heavy atom. The average Bonchev–Trinajstić information content (AvgIpc) is 2.26. The van der Waals surface area contributed by atoms with Gasteiger partial charge in [0.1, 0.15) is 5.75 Å². The second-order valence-electron chi connectivity index (χ2n) is 3.53. The fourth-order valence-electron chi connectivity index (χ4n) is 1.15. The van der Waals surface area contributed by atoms with Gasteiger partial charge in [0.05, 0.1) is 11.1 Å². The Kier molecular flexibility index (Phi) is 5.08. The van der Waals surface area contributed by atoms with E-state index in [-0.39, 0.29) is 12.5 Å². The molecule has 1 unspecified atom stereocenters. The van der Waals surface area contributed by atoms with Crippen LogP contribution in [0.3, 0.4) is 0 Å². The van der Waals surface area contributed by atoms with Crippen LogP contribution >= 0.6 is 15.9 Å². The molecule has 0 aliphatic rings. The second-order valence-corrected chi connectivity index (χ2v) is 4.39. The molecule has 0 aromatic heterocycles. The Morgan fingerprint density at radius 2 is 2.27 bits per heavy atom. The summed E-state index contributed by atoms with van der Waals surface area (Å²) < 4.78 is 6.52. The number of hydrogen-bond acceptors (Lipinski definition) is 3. The van der Waals surface area contributed by atoms with Gasteiger partial charge in [0.25, 0.3) is 0 Å². The minimum atomic E-state index is 0.127. The first-order valence-corrected chi connectivity index (χ1v) is 5.69.